The highest BCUT2D eigenvalue weighted by Crippen LogP contribution is 2.28. The van der Waals surface area contributed by atoms with Gasteiger partial charge >= 0.3 is 0 Å². The van der Waals surface area contributed by atoms with Gasteiger partial charge in [0.05, 0.1) is 15.7 Å². The Hall–Kier alpha value is -3.00. The van der Waals surface area contributed by atoms with Crippen LogP contribution in [0, 0.1) is 10.1 Å². The lowest BCUT2D eigenvalue weighted by Gasteiger charge is -2.12. The molecule has 0 aliphatic carbocycles. The van der Waals surface area contributed by atoms with Crippen molar-refractivity contribution in [1.82, 2.24) is 9.97 Å². The summed E-state index contributed by atoms with van der Waals surface area (Å²) in [5, 5.41) is 14.7. The number of carbonyl (C=O) groups is 1. The number of thioether (sulfide) groups is 1. The van der Waals surface area contributed by atoms with Crippen molar-refractivity contribution in [2.24, 2.45) is 0 Å². The summed E-state index contributed by atoms with van der Waals surface area (Å²) in [5.41, 5.74) is 1.13. The van der Waals surface area contributed by atoms with Crippen LogP contribution in [0.1, 0.15) is 6.92 Å². The Labute approximate surface area is 147 Å². The van der Waals surface area contributed by atoms with E-state index in [0.29, 0.717) is 10.7 Å². The maximum Gasteiger partial charge on any atom is 0.271 e. The molecule has 0 fully saturated rings. The van der Waals surface area contributed by atoms with Gasteiger partial charge in [0.25, 0.3) is 5.69 Å². The van der Waals surface area contributed by atoms with Crippen LogP contribution in [0.2, 0.25) is 0 Å². The number of amides is 1. The van der Waals surface area contributed by atoms with Crippen molar-refractivity contribution in [1.29, 1.82) is 0 Å². The molecule has 0 radical (unpaired) electrons. The van der Waals surface area contributed by atoms with Crippen LogP contribution < -0.4 is 5.32 Å². The van der Waals surface area contributed by atoms with Gasteiger partial charge in [-0.3, -0.25) is 14.9 Å². The van der Waals surface area contributed by atoms with Crippen molar-refractivity contribution in [2.45, 2.75) is 17.2 Å². The van der Waals surface area contributed by atoms with Crippen molar-refractivity contribution in [3.63, 3.8) is 0 Å². The minimum Gasteiger partial charge on any atom is -0.325 e. The molecule has 3 aromatic rings. The number of nitro groups is 1. The van der Waals surface area contributed by atoms with Crippen LogP contribution in [-0.4, -0.2) is 26.0 Å². The minimum absolute atomic E-state index is 0.0695. The molecule has 1 atom stereocenters. The van der Waals surface area contributed by atoms with Crippen molar-refractivity contribution in [3.8, 4) is 0 Å². The van der Waals surface area contributed by atoms with Crippen molar-refractivity contribution in [2.75, 3.05) is 5.32 Å². The number of hydrogen-bond acceptors (Lipinski definition) is 6. The first-order valence-electron chi connectivity index (χ1n) is 7.46. The van der Waals surface area contributed by atoms with Gasteiger partial charge in [-0.1, -0.05) is 36.0 Å². The van der Waals surface area contributed by atoms with Gasteiger partial charge in [0, 0.05) is 23.2 Å². The van der Waals surface area contributed by atoms with Gasteiger partial charge in [0.1, 0.15) is 11.4 Å². The molecule has 0 saturated carbocycles. The third-order valence-electron chi connectivity index (χ3n) is 3.49. The molecule has 2 aromatic carbocycles. The molecule has 1 heterocycles. The second kappa shape index (κ2) is 7.27. The molecule has 7 nitrogen and oxygen atoms in total. The minimum atomic E-state index is -0.499. The maximum atomic E-state index is 12.4. The summed E-state index contributed by atoms with van der Waals surface area (Å²) >= 11 is 1.31. The summed E-state index contributed by atoms with van der Waals surface area (Å²) in [6, 6.07) is 13.4. The number of anilines is 1. The molecule has 25 heavy (non-hydrogen) atoms. The maximum absolute atomic E-state index is 12.4. The molecule has 3 rings (SSSR count). The lowest BCUT2D eigenvalue weighted by atomic mass is 10.2. The molecule has 0 unspecified atom stereocenters. The Kier molecular flexibility index (Phi) is 4.90. The number of para-hydroxylation sites is 1. The number of fused-ring (bicyclic) bond motifs is 1. The van der Waals surface area contributed by atoms with E-state index in [1.54, 1.807) is 13.0 Å². The molecule has 0 aliphatic rings. The molecule has 0 saturated heterocycles. The van der Waals surface area contributed by atoms with Crippen LogP contribution in [0.4, 0.5) is 11.4 Å². The monoisotopic (exact) mass is 354 g/mol. The third-order valence-corrected chi connectivity index (χ3v) is 4.60. The van der Waals surface area contributed by atoms with E-state index >= 15 is 0 Å². The first kappa shape index (κ1) is 16.8. The number of nitrogens with zero attached hydrogens (tertiary/aromatic N) is 3. The third kappa shape index (κ3) is 3.92. The SMILES string of the molecule is C[C@@H](Sc1ncnc2ccccc12)C(=O)Nc1cccc([N+](=O)[O-])c1. The van der Waals surface area contributed by atoms with E-state index in [9.17, 15) is 14.9 Å². The first-order valence-corrected chi connectivity index (χ1v) is 8.34. The van der Waals surface area contributed by atoms with Crippen LogP contribution in [0.5, 0.6) is 0 Å². The molecule has 8 heteroatoms. The number of nitro benzene ring substituents is 1. The molecular formula is C17H14N4O3S. The summed E-state index contributed by atoms with van der Waals surface area (Å²) in [6.45, 7) is 1.76. The Balaban J connectivity index is 1.74. The zero-order chi connectivity index (χ0) is 17.8. The normalized spacial score (nSPS) is 11.9. The van der Waals surface area contributed by atoms with Crippen molar-refractivity contribution >= 4 is 39.9 Å². The van der Waals surface area contributed by atoms with Gasteiger partial charge in [-0.25, -0.2) is 9.97 Å². The van der Waals surface area contributed by atoms with Crippen molar-refractivity contribution < 1.29 is 9.72 Å². The highest BCUT2D eigenvalue weighted by molar-refractivity contribution is 8.00. The Morgan fingerprint density at radius 3 is 2.80 bits per heavy atom. The highest BCUT2D eigenvalue weighted by atomic mass is 32.2. The van der Waals surface area contributed by atoms with Crippen LogP contribution >= 0.6 is 11.8 Å². The van der Waals surface area contributed by atoms with Crippen LogP contribution in [0.15, 0.2) is 59.9 Å². The van der Waals surface area contributed by atoms with Gasteiger partial charge in [-0.2, -0.15) is 0 Å². The summed E-state index contributed by atoms with van der Waals surface area (Å²) in [4.78, 5) is 31.2. The number of rotatable bonds is 5. The predicted molar refractivity (Wildman–Crippen MR) is 96.6 cm³/mol. The Bertz CT molecular complexity index is 943. The van der Waals surface area contributed by atoms with Crippen LogP contribution in [0.3, 0.4) is 0 Å². The fraction of sp³-hybridized carbons (Fsp3) is 0.118. The highest BCUT2D eigenvalue weighted by Gasteiger charge is 2.18. The average molecular weight is 354 g/mol. The summed E-state index contributed by atoms with van der Waals surface area (Å²) in [6.07, 6.45) is 1.47. The zero-order valence-electron chi connectivity index (χ0n) is 13.2. The van der Waals surface area contributed by atoms with Crippen LogP contribution in [0.25, 0.3) is 10.9 Å². The van der Waals surface area contributed by atoms with E-state index in [4.69, 9.17) is 0 Å². The number of nitrogens with one attached hydrogen (secondary N) is 1. The largest absolute Gasteiger partial charge is 0.325 e. The molecular weight excluding hydrogens is 340 g/mol. The van der Waals surface area contributed by atoms with Gasteiger partial charge in [-0.15, -0.1) is 0 Å². The second-order valence-corrected chi connectivity index (χ2v) is 6.58. The summed E-state index contributed by atoms with van der Waals surface area (Å²) < 4.78 is 0. The number of hydrogen-bond donors (Lipinski definition) is 1. The molecule has 0 bridgehead atoms. The van der Waals surface area contributed by atoms with E-state index in [1.165, 1.54) is 36.3 Å². The van der Waals surface area contributed by atoms with E-state index in [1.807, 2.05) is 24.3 Å². The molecule has 0 spiro atoms. The van der Waals surface area contributed by atoms with Gasteiger partial charge in [0.2, 0.25) is 5.91 Å². The van der Waals surface area contributed by atoms with Crippen molar-refractivity contribution in [3.05, 3.63) is 65.0 Å². The first-order chi connectivity index (χ1) is 12.0. The molecule has 1 N–H and O–H groups in total. The lowest BCUT2D eigenvalue weighted by molar-refractivity contribution is -0.384. The van der Waals surface area contributed by atoms with Crippen LogP contribution in [-0.2, 0) is 4.79 Å². The fourth-order valence-electron chi connectivity index (χ4n) is 2.24. The summed E-state index contributed by atoms with van der Waals surface area (Å²) in [7, 11) is 0. The average Bonchev–Trinajstić information content (AvgIpc) is 2.62. The van der Waals surface area contributed by atoms with Gasteiger partial charge in [0.15, 0.2) is 0 Å². The number of non-ortho nitro benzene ring substituents is 1. The number of carbonyl (C=O) groups excluding carboxylic acids is 1. The second-order valence-electron chi connectivity index (χ2n) is 5.25. The van der Waals surface area contributed by atoms with E-state index < -0.39 is 10.2 Å². The molecule has 0 aliphatic heterocycles. The molecule has 1 aromatic heterocycles. The quantitative estimate of drug-likeness (QED) is 0.325. The summed E-state index contributed by atoms with van der Waals surface area (Å²) in [5.74, 6) is -0.256. The van der Waals surface area contributed by atoms with Gasteiger partial charge in [-0.05, 0) is 19.1 Å². The van der Waals surface area contributed by atoms with E-state index in [-0.39, 0.29) is 11.6 Å². The molecule has 126 valence electrons. The number of aromatic nitrogens is 2. The predicted octanol–water partition coefficient (Wildman–Crippen LogP) is 3.66. The fourth-order valence-corrected chi connectivity index (χ4v) is 3.14. The van der Waals surface area contributed by atoms with E-state index in [0.717, 1.165) is 10.9 Å². The Morgan fingerprint density at radius 2 is 2.00 bits per heavy atom. The molecule has 1 amide bonds. The van der Waals surface area contributed by atoms with E-state index in [2.05, 4.69) is 15.3 Å². The number of benzene rings is 2. The standard InChI is InChI=1S/C17H14N4O3S/c1-11(16(22)20-12-5-4-6-13(9-12)21(23)24)25-17-14-7-2-3-8-15(14)18-10-19-17/h2-11H,1H3,(H,20,22)/t11-/m1/s1. The Morgan fingerprint density at radius 1 is 1.20 bits per heavy atom. The zero-order valence-corrected chi connectivity index (χ0v) is 14.1. The topological polar surface area (TPSA) is 98.0 Å². The smallest absolute Gasteiger partial charge is 0.271 e. The lowest BCUT2D eigenvalue weighted by Crippen LogP contribution is -2.22. The van der Waals surface area contributed by atoms with Gasteiger partial charge < -0.3 is 5.32 Å².